The number of hydrogen-bond donors (Lipinski definition) is 2. The molecular formula is C14H30N2O2. The summed E-state index contributed by atoms with van der Waals surface area (Å²) in [6.45, 7) is 6.10. The van der Waals surface area contributed by atoms with Crippen LogP contribution in [0.3, 0.4) is 0 Å². The standard InChI is InChI=1S/C14H30N2O2/c1-4-12(5-2)16(8-9-18-3)13(10-17)14(15)11-6-7-11/h11-14,17H,4-10,15H2,1-3H3. The van der Waals surface area contributed by atoms with Crippen molar-refractivity contribution < 1.29 is 9.84 Å². The zero-order chi connectivity index (χ0) is 13.5. The zero-order valence-corrected chi connectivity index (χ0v) is 12.1. The first-order chi connectivity index (χ1) is 8.69. The van der Waals surface area contributed by atoms with Crippen molar-refractivity contribution in [3.63, 3.8) is 0 Å². The van der Waals surface area contributed by atoms with E-state index in [4.69, 9.17) is 10.5 Å². The van der Waals surface area contributed by atoms with Crippen molar-refractivity contribution in [3.05, 3.63) is 0 Å². The summed E-state index contributed by atoms with van der Waals surface area (Å²) in [7, 11) is 1.72. The van der Waals surface area contributed by atoms with Gasteiger partial charge in [0.25, 0.3) is 0 Å². The molecule has 1 rings (SSSR count). The Morgan fingerprint density at radius 3 is 2.33 bits per heavy atom. The fourth-order valence-corrected chi connectivity index (χ4v) is 2.82. The average molecular weight is 258 g/mol. The van der Waals surface area contributed by atoms with Gasteiger partial charge in [0.05, 0.1) is 13.2 Å². The Balaban J connectivity index is 2.69. The fourth-order valence-electron chi connectivity index (χ4n) is 2.82. The van der Waals surface area contributed by atoms with Gasteiger partial charge in [-0.05, 0) is 31.6 Å². The Morgan fingerprint density at radius 2 is 1.94 bits per heavy atom. The second-order valence-corrected chi connectivity index (χ2v) is 5.37. The van der Waals surface area contributed by atoms with Crippen LogP contribution in [0.1, 0.15) is 39.5 Å². The smallest absolute Gasteiger partial charge is 0.0602 e. The maximum atomic E-state index is 9.72. The summed E-state index contributed by atoms with van der Waals surface area (Å²) in [5, 5.41) is 9.72. The molecule has 18 heavy (non-hydrogen) atoms. The molecular weight excluding hydrogens is 228 g/mol. The number of nitrogens with zero attached hydrogens (tertiary/aromatic N) is 1. The van der Waals surface area contributed by atoms with Crippen LogP contribution in [0.2, 0.25) is 0 Å². The minimum absolute atomic E-state index is 0.0811. The minimum Gasteiger partial charge on any atom is -0.395 e. The lowest BCUT2D eigenvalue weighted by molar-refractivity contribution is 0.0357. The predicted molar refractivity (Wildman–Crippen MR) is 74.5 cm³/mol. The Labute approximate surface area is 111 Å². The topological polar surface area (TPSA) is 58.7 Å². The molecule has 4 nitrogen and oxygen atoms in total. The monoisotopic (exact) mass is 258 g/mol. The number of ether oxygens (including phenoxy) is 1. The lowest BCUT2D eigenvalue weighted by Gasteiger charge is -2.39. The molecule has 0 saturated heterocycles. The van der Waals surface area contributed by atoms with Crippen LogP contribution in [-0.2, 0) is 4.74 Å². The average Bonchev–Trinajstić information content (AvgIpc) is 3.21. The summed E-state index contributed by atoms with van der Waals surface area (Å²) in [6.07, 6.45) is 4.62. The molecule has 0 amide bonds. The summed E-state index contributed by atoms with van der Waals surface area (Å²) in [4.78, 5) is 2.37. The van der Waals surface area contributed by atoms with Gasteiger partial charge in [0, 0.05) is 31.8 Å². The van der Waals surface area contributed by atoms with Crippen LogP contribution < -0.4 is 5.73 Å². The highest BCUT2D eigenvalue weighted by molar-refractivity contribution is 4.94. The van der Waals surface area contributed by atoms with E-state index in [1.807, 2.05) is 0 Å². The highest BCUT2D eigenvalue weighted by Gasteiger charge is 2.37. The third-order valence-electron chi connectivity index (χ3n) is 4.19. The van der Waals surface area contributed by atoms with Gasteiger partial charge in [-0.15, -0.1) is 0 Å². The quantitative estimate of drug-likeness (QED) is 0.618. The van der Waals surface area contributed by atoms with Crippen molar-refractivity contribution in [1.82, 2.24) is 4.90 Å². The normalized spacial score (nSPS) is 19.5. The SMILES string of the molecule is CCC(CC)N(CCOC)C(CO)C(N)C1CC1. The van der Waals surface area contributed by atoms with Gasteiger partial charge < -0.3 is 15.6 Å². The van der Waals surface area contributed by atoms with Crippen molar-refractivity contribution >= 4 is 0 Å². The molecule has 0 heterocycles. The van der Waals surface area contributed by atoms with Gasteiger partial charge in [-0.1, -0.05) is 13.8 Å². The lowest BCUT2D eigenvalue weighted by atomic mass is 9.99. The Bertz CT molecular complexity index is 218. The molecule has 0 spiro atoms. The van der Waals surface area contributed by atoms with Crippen LogP contribution in [0.4, 0.5) is 0 Å². The third-order valence-corrected chi connectivity index (χ3v) is 4.19. The predicted octanol–water partition coefficient (Wildman–Crippen LogP) is 1.22. The fraction of sp³-hybridized carbons (Fsp3) is 1.00. The highest BCUT2D eigenvalue weighted by atomic mass is 16.5. The Kier molecular flexibility index (Phi) is 7.15. The van der Waals surface area contributed by atoms with Gasteiger partial charge >= 0.3 is 0 Å². The van der Waals surface area contributed by atoms with E-state index >= 15 is 0 Å². The molecule has 0 aromatic carbocycles. The highest BCUT2D eigenvalue weighted by Crippen LogP contribution is 2.34. The minimum atomic E-state index is 0.0811. The number of hydrogen-bond acceptors (Lipinski definition) is 4. The van der Waals surface area contributed by atoms with E-state index in [9.17, 15) is 5.11 Å². The molecule has 0 aromatic rings. The molecule has 1 aliphatic rings. The first-order valence-corrected chi connectivity index (χ1v) is 7.30. The van der Waals surface area contributed by atoms with Crippen LogP contribution >= 0.6 is 0 Å². The number of aliphatic hydroxyl groups is 1. The third kappa shape index (κ3) is 4.19. The number of rotatable bonds is 10. The van der Waals surface area contributed by atoms with Crippen LogP contribution in [0, 0.1) is 5.92 Å². The van der Waals surface area contributed by atoms with E-state index in [0.29, 0.717) is 18.6 Å². The largest absolute Gasteiger partial charge is 0.395 e. The van der Waals surface area contributed by atoms with Gasteiger partial charge in [-0.25, -0.2) is 0 Å². The van der Waals surface area contributed by atoms with E-state index in [1.165, 1.54) is 12.8 Å². The van der Waals surface area contributed by atoms with Crippen LogP contribution in [0.5, 0.6) is 0 Å². The van der Waals surface area contributed by atoms with E-state index < -0.39 is 0 Å². The van der Waals surface area contributed by atoms with Crippen LogP contribution in [-0.4, -0.2) is 55.0 Å². The summed E-state index contributed by atoms with van der Waals surface area (Å²) in [6, 6.07) is 0.673. The molecule has 4 heteroatoms. The van der Waals surface area contributed by atoms with Crippen molar-refractivity contribution in [2.75, 3.05) is 26.9 Å². The summed E-state index contributed by atoms with van der Waals surface area (Å²) >= 11 is 0. The van der Waals surface area contributed by atoms with Crippen molar-refractivity contribution in [3.8, 4) is 0 Å². The van der Waals surface area contributed by atoms with Gasteiger partial charge in [0.2, 0.25) is 0 Å². The van der Waals surface area contributed by atoms with Gasteiger partial charge in [-0.2, -0.15) is 0 Å². The van der Waals surface area contributed by atoms with E-state index in [1.54, 1.807) is 7.11 Å². The first kappa shape index (κ1) is 15.9. The molecule has 0 aliphatic heterocycles. The molecule has 0 aromatic heterocycles. The van der Waals surface area contributed by atoms with Crippen LogP contribution in [0.25, 0.3) is 0 Å². The molecule has 0 bridgehead atoms. The second kappa shape index (κ2) is 8.10. The number of nitrogens with two attached hydrogens (primary N) is 1. The summed E-state index contributed by atoms with van der Waals surface area (Å²) < 4.78 is 5.20. The van der Waals surface area contributed by atoms with E-state index in [2.05, 4.69) is 18.7 Å². The molecule has 108 valence electrons. The van der Waals surface area contributed by atoms with E-state index in [0.717, 1.165) is 19.4 Å². The summed E-state index contributed by atoms with van der Waals surface area (Å²) in [5.74, 6) is 0.613. The first-order valence-electron chi connectivity index (χ1n) is 7.30. The Morgan fingerprint density at radius 1 is 1.33 bits per heavy atom. The Hall–Kier alpha value is -0.160. The van der Waals surface area contributed by atoms with Crippen molar-refractivity contribution in [1.29, 1.82) is 0 Å². The summed E-state index contributed by atoms with van der Waals surface area (Å²) in [5.41, 5.74) is 6.31. The molecule has 1 fully saturated rings. The maximum absolute atomic E-state index is 9.72. The number of aliphatic hydroxyl groups excluding tert-OH is 1. The lowest BCUT2D eigenvalue weighted by Crippen LogP contribution is -2.55. The molecule has 2 atom stereocenters. The van der Waals surface area contributed by atoms with Gasteiger partial charge in [-0.3, -0.25) is 4.90 Å². The molecule has 1 saturated carbocycles. The molecule has 2 unspecified atom stereocenters. The van der Waals surface area contributed by atoms with Gasteiger partial charge in [0.1, 0.15) is 0 Å². The van der Waals surface area contributed by atoms with E-state index in [-0.39, 0.29) is 18.7 Å². The molecule has 3 N–H and O–H groups in total. The van der Waals surface area contributed by atoms with Gasteiger partial charge in [0.15, 0.2) is 0 Å². The van der Waals surface area contributed by atoms with Crippen molar-refractivity contribution in [2.24, 2.45) is 11.7 Å². The number of methoxy groups -OCH3 is 1. The zero-order valence-electron chi connectivity index (χ0n) is 12.1. The van der Waals surface area contributed by atoms with Crippen LogP contribution in [0.15, 0.2) is 0 Å². The molecule has 1 aliphatic carbocycles. The molecule has 0 radical (unpaired) electrons. The maximum Gasteiger partial charge on any atom is 0.0602 e. The van der Waals surface area contributed by atoms with Crippen molar-refractivity contribution in [2.45, 2.75) is 57.7 Å². The second-order valence-electron chi connectivity index (χ2n) is 5.37.